The Kier molecular flexibility index (Phi) is 4.75. The van der Waals surface area contributed by atoms with Gasteiger partial charge in [0, 0.05) is 16.8 Å². The number of anilines is 1. The average molecular weight is 492 g/mol. The van der Waals surface area contributed by atoms with Crippen molar-refractivity contribution in [2.45, 2.75) is 17.4 Å². The van der Waals surface area contributed by atoms with Crippen LogP contribution in [-0.4, -0.2) is 31.6 Å². The molecular formula is C25H18ClN3O4S. The zero-order valence-electron chi connectivity index (χ0n) is 17.8. The number of carbonyl (C=O) groups excluding carboxylic acids is 1. The van der Waals surface area contributed by atoms with Gasteiger partial charge in [0.2, 0.25) is 0 Å². The van der Waals surface area contributed by atoms with Gasteiger partial charge in [-0.1, -0.05) is 48.0 Å². The second-order valence-corrected chi connectivity index (χ2v) is 10.4. The lowest BCUT2D eigenvalue weighted by Crippen LogP contribution is -2.39. The number of nitrogens with zero attached hydrogens (tertiary/aromatic N) is 3. The SMILES string of the molecule is O=C(CN1c2cccc3cccc(c23)S1(=O)=O)N1N=C(c2ccc(Cl)cc2)CC1c1ccco1. The zero-order valence-corrected chi connectivity index (χ0v) is 19.3. The van der Waals surface area contributed by atoms with E-state index in [0.29, 0.717) is 34.0 Å². The fourth-order valence-electron chi connectivity index (χ4n) is 4.58. The zero-order chi connectivity index (χ0) is 23.4. The fourth-order valence-corrected chi connectivity index (χ4v) is 6.37. The van der Waals surface area contributed by atoms with Crippen LogP contribution in [-0.2, 0) is 14.8 Å². The van der Waals surface area contributed by atoms with E-state index in [1.807, 2.05) is 24.3 Å². The third-order valence-electron chi connectivity index (χ3n) is 6.18. The summed E-state index contributed by atoms with van der Waals surface area (Å²) in [5.41, 5.74) is 2.03. The smallest absolute Gasteiger partial charge is 0.265 e. The van der Waals surface area contributed by atoms with Gasteiger partial charge in [0.15, 0.2) is 0 Å². The number of halogens is 1. The van der Waals surface area contributed by atoms with Crippen molar-refractivity contribution in [3.63, 3.8) is 0 Å². The molecule has 0 bridgehead atoms. The molecule has 6 rings (SSSR count). The highest BCUT2D eigenvalue weighted by atomic mass is 35.5. The molecule has 4 aromatic rings. The molecule has 3 heterocycles. The Morgan fingerprint density at radius 1 is 1.03 bits per heavy atom. The standard InChI is InChI=1S/C25H18ClN3O4S/c26-18-11-9-16(10-12-18)19-14-21(22-7-3-13-33-22)29(27-19)24(30)15-28-20-6-1-4-17-5-2-8-23(25(17)20)34(28,31)32/h1-13,21H,14-15H2. The Balaban J connectivity index is 1.37. The molecule has 9 heteroatoms. The van der Waals surface area contributed by atoms with E-state index in [0.717, 1.165) is 10.9 Å². The lowest BCUT2D eigenvalue weighted by Gasteiger charge is -2.24. The highest BCUT2D eigenvalue weighted by Crippen LogP contribution is 2.42. The predicted octanol–water partition coefficient (Wildman–Crippen LogP) is 4.97. The van der Waals surface area contributed by atoms with E-state index in [-0.39, 0.29) is 11.4 Å². The molecule has 0 radical (unpaired) electrons. The Morgan fingerprint density at radius 2 is 1.79 bits per heavy atom. The lowest BCUT2D eigenvalue weighted by atomic mass is 10.0. The van der Waals surface area contributed by atoms with Gasteiger partial charge < -0.3 is 4.42 Å². The normalized spacial score (nSPS) is 18.5. The van der Waals surface area contributed by atoms with E-state index >= 15 is 0 Å². The molecule has 3 aromatic carbocycles. The third kappa shape index (κ3) is 3.21. The van der Waals surface area contributed by atoms with Gasteiger partial charge in [0.25, 0.3) is 15.9 Å². The minimum Gasteiger partial charge on any atom is -0.467 e. The number of carbonyl (C=O) groups is 1. The minimum atomic E-state index is -3.87. The Bertz CT molecular complexity index is 1560. The first-order valence-corrected chi connectivity index (χ1v) is 12.5. The first kappa shape index (κ1) is 20.9. The third-order valence-corrected chi connectivity index (χ3v) is 8.23. The van der Waals surface area contributed by atoms with E-state index in [1.165, 1.54) is 9.31 Å². The van der Waals surface area contributed by atoms with Crippen LogP contribution in [0.15, 0.2) is 93.5 Å². The summed E-state index contributed by atoms with van der Waals surface area (Å²) in [7, 11) is -3.87. The fraction of sp³-hybridized carbons (Fsp3) is 0.120. The van der Waals surface area contributed by atoms with Crippen molar-refractivity contribution in [2.75, 3.05) is 10.8 Å². The van der Waals surface area contributed by atoms with Crippen molar-refractivity contribution in [1.82, 2.24) is 5.01 Å². The van der Waals surface area contributed by atoms with E-state index in [4.69, 9.17) is 16.0 Å². The molecule has 0 fully saturated rings. The van der Waals surface area contributed by atoms with Gasteiger partial charge in [-0.25, -0.2) is 13.4 Å². The largest absolute Gasteiger partial charge is 0.467 e. The van der Waals surface area contributed by atoms with Gasteiger partial charge in [-0.3, -0.25) is 9.10 Å². The number of sulfonamides is 1. The summed E-state index contributed by atoms with van der Waals surface area (Å²) in [6.07, 6.45) is 1.98. The molecule has 2 aliphatic rings. The Hall–Kier alpha value is -3.62. The maximum atomic E-state index is 13.5. The Labute approximate surface area is 200 Å². The van der Waals surface area contributed by atoms with E-state index in [1.54, 1.807) is 54.8 Å². The topological polar surface area (TPSA) is 83.2 Å². The molecule has 34 heavy (non-hydrogen) atoms. The van der Waals surface area contributed by atoms with E-state index < -0.39 is 22.0 Å². The molecule has 0 saturated carbocycles. The van der Waals surface area contributed by atoms with Crippen LogP contribution in [0.3, 0.4) is 0 Å². The van der Waals surface area contributed by atoms with Crippen molar-refractivity contribution in [2.24, 2.45) is 5.10 Å². The molecule has 1 aromatic heterocycles. The Morgan fingerprint density at radius 3 is 2.53 bits per heavy atom. The van der Waals surface area contributed by atoms with Crippen LogP contribution in [0.1, 0.15) is 23.8 Å². The number of hydrazone groups is 1. The maximum absolute atomic E-state index is 13.5. The molecular weight excluding hydrogens is 474 g/mol. The summed E-state index contributed by atoms with van der Waals surface area (Å²) in [5.74, 6) is 0.134. The van der Waals surface area contributed by atoms with Crippen LogP contribution in [0.5, 0.6) is 0 Å². The number of furan rings is 1. The highest BCUT2D eigenvalue weighted by Gasteiger charge is 2.40. The summed E-state index contributed by atoms with van der Waals surface area (Å²) in [4.78, 5) is 13.8. The summed E-state index contributed by atoms with van der Waals surface area (Å²) in [5, 5.41) is 7.97. The number of benzene rings is 3. The number of rotatable bonds is 4. The first-order valence-electron chi connectivity index (χ1n) is 10.7. The first-order chi connectivity index (χ1) is 16.4. The van der Waals surface area contributed by atoms with Gasteiger partial charge in [0.05, 0.1) is 22.6 Å². The van der Waals surface area contributed by atoms with Crippen LogP contribution in [0.25, 0.3) is 10.8 Å². The summed E-state index contributed by atoms with van der Waals surface area (Å²) in [6.45, 7) is -0.370. The second-order valence-electron chi connectivity index (χ2n) is 8.17. The van der Waals surface area contributed by atoms with Crippen LogP contribution < -0.4 is 4.31 Å². The molecule has 1 atom stereocenters. The number of amides is 1. The van der Waals surface area contributed by atoms with Crippen LogP contribution in [0.2, 0.25) is 5.02 Å². The van der Waals surface area contributed by atoms with Crippen LogP contribution in [0.4, 0.5) is 5.69 Å². The van der Waals surface area contributed by atoms with Crippen molar-refractivity contribution in [1.29, 1.82) is 0 Å². The quantitative estimate of drug-likeness (QED) is 0.403. The van der Waals surface area contributed by atoms with Crippen LogP contribution in [0, 0.1) is 0 Å². The molecule has 170 valence electrons. The maximum Gasteiger partial charge on any atom is 0.265 e. The van der Waals surface area contributed by atoms with Crippen molar-refractivity contribution < 1.29 is 17.6 Å². The summed E-state index contributed by atoms with van der Waals surface area (Å²) < 4.78 is 33.4. The van der Waals surface area contributed by atoms with E-state index in [9.17, 15) is 13.2 Å². The predicted molar refractivity (Wildman–Crippen MR) is 129 cm³/mol. The van der Waals surface area contributed by atoms with E-state index in [2.05, 4.69) is 5.10 Å². The molecule has 0 spiro atoms. The van der Waals surface area contributed by atoms with Crippen molar-refractivity contribution in [3.05, 3.63) is 95.4 Å². The monoisotopic (exact) mass is 491 g/mol. The summed E-state index contributed by atoms with van der Waals surface area (Å²) in [6, 6.07) is 20.8. The second kappa shape index (κ2) is 7.72. The highest BCUT2D eigenvalue weighted by molar-refractivity contribution is 7.93. The van der Waals surface area contributed by atoms with Crippen molar-refractivity contribution in [3.8, 4) is 0 Å². The van der Waals surface area contributed by atoms with Crippen molar-refractivity contribution >= 4 is 49.7 Å². The van der Waals surface area contributed by atoms with Gasteiger partial charge in [-0.05, 0) is 47.3 Å². The summed E-state index contributed by atoms with van der Waals surface area (Å²) >= 11 is 6.02. The lowest BCUT2D eigenvalue weighted by molar-refractivity contribution is -0.131. The molecule has 0 saturated heterocycles. The van der Waals surface area contributed by atoms with Crippen LogP contribution >= 0.6 is 11.6 Å². The molecule has 1 amide bonds. The molecule has 1 unspecified atom stereocenters. The minimum absolute atomic E-state index is 0.211. The van der Waals surface area contributed by atoms with Gasteiger partial charge in [0.1, 0.15) is 18.3 Å². The van der Waals surface area contributed by atoms with Gasteiger partial charge >= 0.3 is 0 Å². The average Bonchev–Trinajstić information content (AvgIpc) is 3.56. The molecule has 0 N–H and O–H groups in total. The molecule has 7 nitrogen and oxygen atoms in total. The number of hydrogen-bond acceptors (Lipinski definition) is 5. The number of hydrogen-bond donors (Lipinski definition) is 0. The van der Waals surface area contributed by atoms with Gasteiger partial charge in [-0.15, -0.1) is 0 Å². The molecule has 0 aliphatic carbocycles. The molecule has 2 aliphatic heterocycles. The van der Waals surface area contributed by atoms with Gasteiger partial charge in [-0.2, -0.15) is 5.10 Å².